The number of hydrogen-bond acceptors (Lipinski definition) is 3. The average Bonchev–Trinajstić information content (AvgIpc) is 2.38. The largest absolute Gasteiger partial charge is 0.527 e. The Hall–Kier alpha value is -1.07. The number of nitrogens with zero attached hydrogens (tertiary/aromatic N) is 2. The normalized spacial score (nSPS) is 18.7. The van der Waals surface area contributed by atoms with Crippen molar-refractivity contribution in [3.63, 3.8) is 0 Å². The number of benzene rings is 1. The molecule has 0 aliphatic carbocycles. The topological polar surface area (TPSA) is 29.5 Å². The summed E-state index contributed by atoms with van der Waals surface area (Å²) < 4.78 is 5.66. The fourth-order valence-corrected chi connectivity index (χ4v) is 2.59. The Morgan fingerprint density at radius 2 is 1.75 bits per heavy atom. The molecule has 5 heteroatoms. The second-order valence-corrected chi connectivity index (χ2v) is 7.47. The van der Waals surface area contributed by atoms with Crippen molar-refractivity contribution in [2.24, 2.45) is 0 Å². The predicted octanol–water partition coefficient (Wildman–Crippen LogP) is 3.57. The van der Waals surface area contributed by atoms with Crippen LogP contribution in [0.1, 0.15) is 20.8 Å². The van der Waals surface area contributed by atoms with E-state index in [1.54, 1.807) is 0 Å². The quantitative estimate of drug-likeness (QED) is 0.731. The van der Waals surface area contributed by atoms with Crippen molar-refractivity contribution < 1.29 is 13.0 Å². The molecule has 1 aromatic rings. The number of quaternary nitrogens is 1. The molecular formula is C15H22BrN2O2+. The number of rotatable bonds is 1. The number of carbonyl (C=O) groups excluding carboxylic acids is 1. The molecule has 0 spiro atoms. The summed E-state index contributed by atoms with van der Waals surface area (Å²) in [6.45, 7) is 8.73. The molecule has 0 bridgehead atoms. The molecule has 0 radical (unpaired) electrons. The number of ether oxygens (including phenoxy) is 1. The second kappa shape index (κ2) is 5.74. The Balaban J connectivity index is 1.98. The van der Waals surface area contributed by atoms with Gasteiger partial charge in [-0.1, -0.05) is 18.2 Å². The maximum absolute atomic E-state index is 12.3. The first-order valence-corrected chi connectivity index (χ1v) is 7.61. The molecule has 1 amide bonds. The summed E-state index contributed by atoms with van der Waals surface area (Å²) in [6, 6.07) is 10.3. The van der Waals surface area contributed by atoms with E-state index in [9.17, 15) is 4.79 Å². The molecule has 0 atom stereocenters. The smallest absolute Gasteiger partial charge is 0.414 e. The van der Waals surface area contributed by atoms with Crippen LogP contribution in [0.25, 0.3) is 0 Å². The number of piperazine rings is 1. The molecule has 1 saturated heterocycles. The van der Waals surface area contributed by atoms with E-state index in [0.717, 1.165) is 13.1 Å². The average molecular weight is 342 g/mol. The predicted molar refractivity (Wildman–Crippen MR) is 83.8 cm³/mol. The van der Waals surface area contributed by atoms with Gasteiger partial charge in [0.2, 0.25) is 16.1 Å². The van der Waals surface area contributed by atoms with Gasteiger partial charge in [0, 0.05) is 5.69 Å². The zero-order chi connectivity index (χ0) is 14.8. The molecule has 110 valence electrons. The van der Waals surface area contributed by atoms with E-state index in [-0.39, 0.29) is 9.60 Å². The molecule has 4 nitrogen and oxygen atoms in total. The SMILES string of the molecule is CC(C)(C)OC(=O)[N+]1(Br)CCN(c2ccccc2)CC1. The summed E-state index contributed by atoms with van der Waals surface area (Å²) in [7, 11) is 0. The fourth-order valence-electron chi connectivity index (χ4n) is 2.21. The van der Waals surface area contributed by atoms with Crippen LogP contribution in [-0.2, 0) is 4.74 Å². The molecule has 1 fully saturated rings. The lowest BCUT2D eigenvalue weighted by Gasteiger charge is -2.38. The van der Waals surface area contributed by atoms with Crippen LogP contribution in [0.4, 0.5) is 10.5 Å². The maximum Gasteiger partial charge on any atom is 0.527 e. The summed E-state index contributed by atoms with van der Waals surface area (Å²) in [5, 5.41) is 0. The minimum Gasteiger partial charge on any atom is -0.414 e. The van der Waals surface area contributed by atoms with Gasteiger partial charge in [-0.15, -0.1) is 0 Å². The molecule has 1 aliphatic rings. The Kier molecular flexibility index (Phi) is 4.39. The minimum atomic E-state index is -0.452. The molecular weight excluding hydrogens is 320 g/mol. The lowest BCUT2D eigenvalue weighted by Crippen LogP contribution is -2.57. The number of amides is 1. The number of anilines is 1. The van der Waals surface area contributed by atoms with Crippen LogP contribution in [-0.4, -0.2) is 41.4 Å². The van der Waals surface area contributed by atoms with Crippen molar-refractivity contribution in [3.8, 4) is 0 Å². The first-order valence-electron chi connectivity index (χ1n) is 6.90. The zero-order valence-electron chi connectivity index (χ0n) is 12.3. The van der Waals surface area contributed by atoms with Crippen LogP contribution in [0.3, 0.4) is 0 Å². The van der Waals surface area contributed by atoms with Gasteiger partial charge in [0.25, 0.3) is 0 Å². The summed E-state index contributed by atoms with van der Waals surface area (Å²) in [5.74, 6) is 0. The highest BCUT2D eigenvalue weighted by Crippen LogP contribution is 2.26. The summed E-state index contributed by atoms with van der Waals surface area (Å²) in [6.07, 6.45) is -0.204. The van der Waals surface area contributed by atoms with E-state index in [0.29, 0.717) is 13.1 Å². The summed E-state index contributed by atoms with van der Waals surface area (Å²) in [5.41, 5.74) is 0.752. The highest BCUT2D eigenvalue weighted by molar-refractivity contribution is 9.05. The number of para-hydroxylation sites is 1. The second-order valence-electron chi connectivity index (χ2n) is 6.11. The third kappa shape index (κ3) is 3.73. The number of hydrogen-bond donors (Lipinski definition) is 0. The van der Waals surface area contributed by atoms with E-state index in [1.165, 1.54) is 5.69 Å². The van der Waals surface area contributed by atoms with Crippen LogP contribution >= 0.6 is 16.1 Å². The highest BCUT2D eigenvalue weighted by Gasteiger charge is 2.42. The molecule has 20 heavy (non-hydrogen) atoms. The van der Waals surface area contributed by atoms with Gasteiger partial charge < -0.3 is 9.64 Å². The van der Waals surface area contributed by atoms with Crippen LogP contribution < -0.4 is 4.90 Å². The van der Waals surface area contributed by atoms with Gasteiger partial charge in [0.15, 0.2) is 0 Å². The van der Waals surface area contributed by atoms with Crippen molar-refractivity contribution in [2.75, 3.05) is 31.1 Å². The van der Waals surface area contributed by atoms with E-state index in [4.69, 9.17) is 4.74 Å². The van der Waals surface area contributed by atoms with Crippen LogP contribution in [0.5, 0.6) is 0 Å². The molecule has 2 rings (SSSR count). The van der Waals surface area contributed by atoms with Crippen molar-refractivity contribution in [1.29, 1.82) is 0 Å². The summed E-state index contributed by atoms with van der Waals surface area (Å²) >= 11 is 3.55. The van der Waals surface area contributed by atoms with E-state index < -0.39 is 5.60 Å². The Morgan fingerprint density at radius 3 is 2.25 bits per heavy atom. The van der Waals surface area contributed by atoms with Crippen molar-refractivity contribution in [2.45, 2.75) is 26.4 Å². The van der Waals surface area contributed by atoms with Gasteiger partial charge in [0.1, 0.15) is 18.7 Å². The van der Waals surface area contributed by atoms with E-state index in [2.05, 4.69) is 33.2 Å². The van der Waals surface area contributed by atoms with Crippen LogP contribution in [0.2, 0.25) is 0 Å². The molecule has 0 saturated carbocycles. The third-order valence-corrected chi connectivity index (χ3v) is 4.29. The monoisotopic (exact) mass is 341 g/mol. The number of halogens is 1. The molecule has 1 aromatic carbocycles. The Labute approximate surface area is 129 Å². The summed E-state index contributed by atoms with van der Waals surface area (Å²) in [4.78, 5) is 14.6. The van der Waals surface area contributed by atoms with E-state index in [1.807, 2.05) is 39.0 Å². The Morgan fingerprint density at radius 1 is 1.20 bits per heavy atom. The minimum absolute atomic E-state index is 0.174. The van der Waals surface area contributed by atoms with Gasteiger partial charge in [-0.25, -0.2) is 0 Å². The van der Waals surface area contributed by atoms with Crippen LogP contribution in [0, 0.1) is 0 Å². The van der Waals surface area contributed by atoms with Crippen molar-refractivity contribution >= 4 is 27.9 Å². The number of carbonyl (C=O) groups is 1. The fraction of sp³-hybridized carbons (Fsp3) is 0.533. The molecule has 0 aromatic heterocycles. The lowest BCUT2D eigenvalue weighted by molar-refractivity contribution is -0.706. The lowest BCUT2D eigenvalue weighted by atomic mass is 10.2. The van der Waals surface area contributed by atoms with Gasteiger partial charge >= 0.3 is 6.09 Å². The maximum atomic E-state index is 12.3. The molecule has 1 aliphatic heterocycles. The van der Waals surface area contributed by atoms with E-state index >= 15 is 0 Å². The standard InChI is InChI=1S/C15H22BrN2O2/c1-15(2,3)20-14(19)18(16)11-9-17(10-12-18)13-7-5-4-6-8-13/h4-8H,9-12H2,1-3H3/q+1. The zero-order valence-corrected chi connectivity index (χ0v) is 13.9. The van der Waals surface area contributed by atoms with Gasteiger partial charge in [-0.3, -0.25) is 0 Å². The Bertz CT molecular complexity index is 463. The van der Waals surface area contributed by atoms with Gasteiger partial charge in [-0.2, -0.15) is 8.30 Å². The molecule has 1 heterocycles. The first-order chi connectivity index (χ1) is 9.30. The van der Waals surface area contributed by atoms with Gasteiger partial charge in [0.05, 0.1) is 13.1 Å². The molecule has 0 N–H and O–H groups in total. The third-order valence-electron chi connectivity index (χ3n) is 3.29. The van der Waals surface area contributed by atoms with Gasteiger partial charge in [-0.05, 0) is 32.9 Å². The van der Waals surface area contributed by atoms with Crippen molar-refractivity contribution in [3.05, 3.63) is 30.3 Å². The molecule has 0 unspecified atom stereocenters. The van der Waals surface area contributed by atoms with Crippen molar-refractivity contribution in [1.82, 2.24) is 0 Å². The first kappa shape index (κ1) is 15.3. The van der Waals surface area contributed by atoms with Crippen LogP contribution in [0.15, 0.2) is 30.3 Å². The highest BCUT2D eigenvalue weighted by atomic mass is 79.9.